The van der Waals surface area contributed by atoms with Crippen LogP contribution in [0.5, 0.6) is 5.75 Å². The van der Waals surface area contributed by atoms with Gasteiger partial charge < -0.3 is 4.74 Å². The Kier molecular flexibility index (Phi) is 5.53. The topological polar surface area (TPSA) is 9.23 Å². The lowest BCUT2D eigenvalue weighted by molar-refractivity contribution is 0.309. The van der Waals surface area contributed by atoms with Gasteiger partial charge in [-0.3, -0.25) is 0 Å². The van der Waals surface area contributed by atoms with E-state index in [0.717, 1.165) is 37.4 Å². The second-order valence-corrected chi connectivity index (χ2v) is 3.73. The zero-order chi connectivity index (χ0) is 10.2. The maximum Gasteiger partial charge on any atom is 0.119 e. The molecule has 0 aromatic heterocycles. The molecule has 0 fully saturated rings. The Morgan fingerprint density at radius 3 is 2.86 bits per heavy atom. The van der Waals surface area contributed by atoms with Crippen molar-refractivity contribution in [3.05, 3.63) is 29.8 Å². The number of thiol groups is 1. The summed E-state index contributed by atoms with van der Waals surface area (Å²) in [6.45, 7) is 2.95. The van der Waals surface area contributed by atoms with Crippen LogP contribution in [-0.2, 0) is 6.42 Å². The first kappa shape index (κ1) is 11.4. The molecule has 0 N–H and O–H groups in total. The van der Waals surface area contributed by atoms with Crippen LogP contribution in [-0.4, -0.2) is 12.4 Å². The fourth-order valence-corrected chi connectivity index (χ4v) is 1.48. The summed E-state index contributed by atoms with van der Waals surface area (Å²) in [6.07, 6.45) is 3.27. The standard InChI is InChI=1S/C12H18OS/c1-2-11-6-5-7-12(10-11)13-8-3-4-9-14/h5-7,10,14H,2-4,8-9H2,1H3. The van der Waals surface area contributed by atoms with Gasteiger partial charge in [-0.05, 0) is 42.7 Å². The normalized spacial score (nSPS) is 10.1. The third kappa shape index (κ3) is 4.05. The summed E-state index contributed by atoms with van der Waals surface area (Å²) in [4.78, 5) is 0. The highest BCUT2D eigenvalue weighted by Crippen LogP contribution is 2.13. The van der Waals surface area contributed by atoms with Gasteiger partial charge in [0.1, 0.15) is 5.75 Å². The Labute approximate surface area is 91.9 Å². The monoisotopic (exact) mass is 210 g/mol. The van der Waals surface area contributed by atoms with Crippen molar-refractivity contribution in [3.63, 3.8) is 0 Å². The van der Waals surface area contributed by atoms with Crippen molar-refractivity contribution in [2.75, 3.05) is 12.4 Å². The summed E-state index contributed by atoms with van der Waals surface area (Å²) in [6, 6.07) is 8.30. The van der Waals surface area contributed by atoms with Crippen LogP contribution in [0, 0.1) is 0 Å². The maximum absolute atomic E-state index is 5.62. The van der Waals surface area contributed by atoms with E-state index in [4.69, 9.17) is 4.74 Å². The van der Waals surface area contributed by atoms with Crippen molar-refractivity contribution < 1.29 is 4.74 Å². The van der Waals surface area contributed by atoms with E-state index in [1.54, 1.807) is 0 Å². The molecule has 1 aromatic rings. The Bertz CT molecular complexity index is 260. The number of rotatable bonds is 6. The predicted molar refractivity (Wildman–Crippen MR) is 64.4 cm³/mol. The first-order valence-electron chi connectivity index (χ1n) is 5.19. The van der Waals surface area contributed by atoms with Gasteiger partial charge in [-0.25, -0.2) is 0 Å². The molecule has 1 nitrogen and oxygen atoms in total. The first-order valence-corrected chi connectivity index (χ1v) is 5.82. The molecule has 0 aliphatic carbocycles. The summed E-state index contributed by atoms with van der Waals surface area (Å²) in [5.41, 5.74) is 1.33. The average Bonchev–Trinajstić information content (AvgIpc) is 2.25. The highest BCUT2D eigenvalue weighted by molar-refractivity contribution is 7.80. The lowest BCUT2D eigenvalue weighted by Gasteiger charge is -2.06. The van der Waals surface area contributed by atoms with Gasteiger partial charge in [0.2, 0.25) is 0 Å². The molecule has 0 saturated heterocycles. The van der Waals surface area contributed by atoms with Crippen LogP contribution in [0.1, 0.15) is 25.3 Å². The number of ether oxygens (including phenoxy) is 1. The highest BCUT2D eigenvalue weighted by Gasteiger charge is 1.94. The molecule has 78 valence electrons. The van der Waals surface area contributed by atoms with Crippen molar-refractivity contribution in [1.29, 1.82) is 0 Å². The quantitative estimate of drug-likeness (QED) is 0.559. The molecular weight excluding hydrogens is 192 g/mol. The van der Waals surface area contributed by atoms with E-state index in [1.165, 1.54) is 5.56 Å². The second-order valence-electron chi connectivity index (χ2n) is 3.28. The van der Waals surface area contributed by atoms with Crippen LogP contribution in [0.3, 0.4) is 0 Å². The van der Waals surface area contributed by atoms with Crippen molar-refractivity contribution in [2.24, 2.45) is 0 Å². The van der Waals surface area contributed by atoms with Gasteiger partial charge in [0.25, 0.3) is 0 Å². The van der Waals surface area contributed by atoms with Crippen LogP contribution in [0.25, 0.3) is 0 Å². The minimum Gasteiger partial charge on any atom is -0.494 e. The SMILES string of the molecule is CCc1cccc(OCCCCS)c1. The third-order valence-corrected chi connectivity index (χ3v) is 2.44. The molecule has 0 saturated carbocycles. The van der Waals surface area contributed by atoms with Gasteiger partial charge >= 0.3 is 0 Å². The zero-order valence-corrected chi connectivity index (χ0v) is 9.59. The Balaban J connectivity index is 2.34. The molecule has 0 amide bonds. The summed E-state index contributed by atoms with van der Waals surface area (Å²) >= 11 is 4.16. The minimum absolute atomic E-state index is 0.799. The Morgan fingerprint density at radius 1 is 1.29 bits per heavy atom. The summed E-state index contributed by atoms with van der Waals surface area (Å²) in [5, 5.41) is 0. The van der Waals surface area contributed by atoms with E-state index in [9.17, 15) is 0 Å². The van der Waals surface area contributed by atoms with Gasteiger partial charge in [-0.15, -0.1) is 0 Å². The number of hydrogen-bond acceptors (Lipinski definition) is 2. The van der Waals surface area contributed by atoms with Crippen LogP contribution >= 0.6 is 12.6 Å². The lowest BCUT2D eigenvalue weighted by Crippen LogP contribution is -1.97. The molecule has 0 unspecified atom stereocenters. The fourth-order valence-electron chi connectivity index (χ4n) is 1.26. The molecule has 0 atom stereocenters. The van der Waals surface area contributed by atoms with E-state index in [-0.39, 0.29) is 0 Å². The van der Waals surface area contributed by atoms with E-state index < -0.39 is 0 Å². The minimum atomic E-state index is 0.799. The predicted octanol–water partition coefficient (Wildman–Crippen LogP) is 3.34. The molecule has 0 aliphatic rings. The molecule has 0 spiro atoms. The highest BCUT2D eigenvalue weighted by atomic mass is 32.1. The van der Waals surface area contributed by atoms with Gasteiger partial charge in [0, 0.05) is 0 Å². The molecule has 14 heavy (non-hydrogen) atoms. The van der Waals surface area contributed by atoms with Gasteiger partial charge in [0.15, 0.2) is 0 Å². The first-order chi connectivity index (χ1) is 6.86. The summed E-state index contributed by atoms with van der Waals surface area (Å²) in [7, 11) is 0. The molecule has 1 aromatic carbocycles. The van der Waals surface area contributed by atoms with Crippen LogP contribution in [0.15, 0.2) is 24.3 Å². The smallest absolute Gasteiger partial charge is 0.119 e. The van der Waals surface area contributed by atoms with Gasteiger partial charge in [0.05, 0.1) is 6.61 Å². The largest absolute Gasteiger partial charge is 0.494 e. The third-order valence-electron chi connectivity index (χ3n) is 2.13. The van der Waals surface area contributed by atoms with Crippen LogP contribution in [0.4, 0.5) is 0 Å². The number of aryl methyl sites for hydroxylation is 1. The molecule has 0 radical (unpaired) electrons. The maximum atomic E-state index is 5.62. The summed E-state index contributed by atoms with van der Waals surface area (Å²) < 4.78 is 5.62. The van der Waals surface area contributed by atoms with Crippen molar-refractivity contribution in [3.8, 4) is 5.75 Å². The van der Waals surface area contributed by atoms with E-state index in [1.807, 2.05) is 12.1 Å². The van der Waals surface area contributed by atoms with Crippen molar-refractivity contribution in [2.45, 2.75) is 26.2 Å². The van der Waals surface area contributed by atoms with Crippen molar-refractivity contribution in [1.82, 2.24) is 0 Å². The van der Waals surface area contributed by atoms with E-state index >= 15 is 0 Å². The molecule has 1 rings (SSSR count). The Hall–Kier alpha value is -0.630. The van der Waals surface area contributed by atoms with E-state index in [0.29, 0.717) is 0 Å². The molecule has 0 aliphatic heterocycles. The molecular formula is C12H18OS. The van der Waals surface area contributed by atoms with Crippen LogP contribution in [0.2, 0.25) is 0 Å². The van der Waals surface area contributed by atoms with Crippen LogP contribution < -0.4 is 4.74 Å². The van der Waals surface area contributed by atoms with Gasteiger partial charge in [-0.2, -0.15) is 12.6 Å². The average molecular weight is 210 g/mol. The fraction of sp³-hybridized carbons (Fsp3) is 0.500. The molecule has 2 heteroatoms. The molecule has 0 heterocycles. The summed E-state index contributed by atoms with van der Waals surface area (Å²) in [5.74, 6) is 1.93. The molecule has 0 bridgehead atoms. The van der Waals surface area contributed by atoms with Crippen molar-refractivity contribution >= 4 is 12.6 Å². The zero-order valence-electron chi connectivity index (χ0n) is 8.70. The number of hydrogen-bond donors (Lipinski definition) is 1. The second kappa shape index (κ2) is 6.77. The van der Waals surface area contributed by atoms with Gasteiger partial charge in [-0.1, -0.05) is 19.1 Å². The number of unbranched alkanes of at least 4 members (excludes halogenated alkanes) is 1. The van der Waals surface area contributed by atoms with E-state index in [2.05, 4.69) is 31.7 Å². The lowest BCUT2D eigenvalue weighted by atomic mass is 10.2. The number of benzene rings is 1. The Morgan fingerprint density at radius 2 is 2.14 bits per heavy atom.